The van der Waals surface area contributed by atoms with Crippen molar-refractivity contribution in [1.82, 2.24) is 9.80 Å². The van der Waals surface area contributed by atoms with Gasteiger partial charge in [0.05, 0.1) is 11.2 Å². The van der Waals surface area contributed by atoms with Crippen LogP contribution in [-0.4, -0.2) is 101 Å². The highest BCUT2D eigenvalue weighted by Gasteiger charge is 2.35. The number of anilines is 1. The molecule has 53 heavy (non-hydrogen) atoms. The summed E-state index contributed by atoms with van der Waals surface area (Å²) in [6, 6.07) is 30.6. The quantitative estimate of drug-likeness (QED) is 0.103. The molecule has 12 nitrogen and oxygen atoms in total. The lowest BCUT2D eigenvalue weighted by molar-refractivity contribution is -0.0374. The summed E-state index contributed by atoms with van der Waals surface area (Å²) < 4.78 is 17.7. The molecule has 0 saturated carbocycles. The molecule has 4 aromatic rings. The van der Waals surface area contributed by atoms with E-state index in [4.69, 9.17) is 19.9 Å². The van der Waals surface area contributed by atoms with Crippen molar-refractivity contribution in [2.75, 3.05) is 57.8 Å². The van der Waals surface area contributed by atoms with E-state index in [0.29, 0.717) is 93.6 Å². The minimum Gasteiger partial charge on any atom is -0.491 e. The Kier molecular flexibility index (Phi) is 12.5. The van der Waals surface area contributed by atoms with Crippen molar-refractivity contribution in [1.29, 1.82) is 0 Å². The van der Waals surface area contributed by atoms with Crippen molar-refractivity contribution < 1.29 is 39.4 Å². The van der Waals surface area contributed by atoms with Crippen LogP contribution >= 0.6 is 0 Å². The fraction of sp³-hybridized carbons (Fsp3) is 0.390. The number of carbonyl (C=O) groups excluding carboxylic acids is 1. The number of primary amides is 1. The van der Waals surface area contributed by atoms with E-state index in [1.807, 2.05) is 66.7 Å². The van der Waals surface area contributed by atoms with Crippen molar-refractivity contribution in [3.63, 3.8) is 0 Å². The van der Waals surface area contributed by atoms with Gasteiger partial charge in [0.25, 0.3) is 0 Å². The first kappa shape index (κ1) is 38.0. The van der Waals surface area contributed by atoms with Gasteiger partial charge in [-0.2, -0.15) is 0 Å². The highest BCUT2D eigenvalue weighted by Crippen LogP contribution is 2.36. The average Bonchev–Trinajstić information content (AvgIpc) is 3.16. The number of β-amino-alcohol motifs (C(OH)–C–C–N with tert-alkyl or cyclic N) is 2. The first-order valence-electron chi connectivity index (χ1n) is 18.2. The van der Waals surface area contributed by atoms with Gasteiger partial charge in [-0.25, -0.2) is 4.79 Å². The summed E-state index contributed by atoms with van der Waals surface area (Å²) in [4.78, 5) is 15.3. The summed E-state index contributed by atoms with van der Waals surface area (Å²) >= 11 is 0. The lowest BCUT2D eigenvalue weighted by Crippen LogP contribution is -2.46. The van der Waals surface area contributed by atoms with Gasteiger partial charge in [-0.1, -0.05) is 42.5 Å². The zero-order valence-corrected chi connectivity index (χ0v) is 29.8. The van der Waals surface area contributed by atoms with E-state index in [9.17, 15) is 25.2 Å². The van der Waals surface area contributed by atoms with Crippen LogP contribution in [0, 0.1) is 0 Å². The second-order valence-electron chi connectivity index (χ2n) is 14.1. The number of benzene rings is 4. The molecule has 7 N–H and O–H groups in total. The SMILES string of the molecule is NC(=O)Nc1ccc(OCC(O)CN2CCC(O)(c3cccc(Oc4ccc(OCC(O)CN5CCC(O)(c6ccccc6)CC5)cc4)c3)CC2)cc1. The second-order valence-corrected chi connectivity index (χ2v) is 14.1. The van der Waals surface area contributed by atoms with Crippen molar-refractivity contribution in [2.45, 2.75) is 49.1 Å². The molecule has 2 saturated heterocycles. The van der Waals surface area contributed by atoms with E-state index in [0.717, 1.165) is 11.1 Å². The maximum Gasteiger partial charge on any atom is 0.316 e. The van der Waals surface area contributed by atoms with E-state index >= 15 is 0 Å². The Morgan fingerprint density at radius 3 is 1.64 bits per heavy atom. The first-order valence-corrected chi connectivity index (χ1v) is 18.2. The van der Waals surface area contributed by atoms with Gasteiger partial charge in [0, 0.05) is 45.0 Å². The van der Waals surface area contributed by atoms with Gasteiger partial charge < -0.3 is 55.5 Å². The van der Waals surface area contributed by atoms with Gasteiger partial charge in [-0.3, -0.25) is 0 Å². The van der Waals surface area contributed by atoms with Gasteiger partial charge in [0.1, 0.15) is 48.4 Å². The number of piperidine rings is 2. The van der Waals surface area contributed by atoms with E-state index in [-0.39, 0.29) is 13.2 Å². The largest absolute Gasteiger partial charge is 0.491 e. The molecule has 0 radical (unpaired) electrons. The van der Waals surface area contributed by atoms with Crippen LogP contribution in [0.5, 0.6) is 23.0 Å². The first-order chi connectivity index (χ1) is 25.5. The molecule has 4 aromatic carbocycles. The normalized spacial score (nSPS) is 18.4. The van der Waals surface area contributed by atoms with E-state index < -0.39 is 29.4 Å². The van der Waals surface area contributed by atoms with Crippen molar-refractivity contribution >= 4 is 11.7 Å². The molecule has 2 aliphatic heterocycles. The Hall–Kier alpha value is -4.69. The predicted molar refractivity (Wildman–Crippen MR) is 201 cm³/mol. The molecule has 2 fully saturated rings. The summed E-state index contributed by atoms with van der Waals surface area (Å²) in [5.41, 5.74) is 5.56. The fourth-order valence-corrected chi connectivity index (χ4v) is 6.99. The average molecular weight is 727 g/mol. The van der Waals surface area contributed by atoms with Gasteiger partial charge in [0.15, 0.2) is 0 Å². The highest BCUT2D eigenvalue weighted by molar-refractivity contribution is 5.87. The standard InChI is InChI=1S/C41H50N4O8/c42-39(48)43-32-9-11-35(12-10-32)51-28-33(46)27-45-23-19-41(50,20-24-45)31-7-4-8-38(25-31)53-37-15-13-36(14-16-37)52-29-34(47)26-44-21-17-40(49,18-22-44)30-5-2-1-3-6-30/h1-16,25,33-34,46-47,49-50H,17-24,26-29H2,(H3,42,43,48). The molecule has 2 atom stereocenters. The smallest absolute Gasteiger partial charge is 0.316 e. The molecule has 12 heteroatoms. The lowest BCUT2D eigenvalue weighted by atomic mass is 9.84. The number of hydrogen-bond donors (Lipinski definition) is 6. The van der Waals surface area contributed by atoms with Crippen molar-refractivity contribution in [3.05, 3.63) is 114 Å². The molecule has 2 unspecified atom stereocenters. The number of carbonyl (C=O) groups is 1. The van der Waals surface area contributed by atoms with Gasteiger partial charge in [-0.05, 0) is 97.5 Å². The summed E-state index contributed by atoms with van der Waals surface area (Å²) in [7, 11) is 0. The third-order valence-electron chi connectivity index (χ3n) is 10.1. The van der Waals surface area contributed by atoms with Crippen LogP contribution in [-0.2, 0) is 11.2 Å². The molecule has 0 spiro atoms. The molecule has 2 amide bonds. The number of ether oxygens (including phenoxy) is 3. The van der Waals surface area contributed by atoms with Crippen LogP contribution in [0.15, 0.2) is 103 Å². The number of hydrogen-bond acceptors (Lipinski definition) is 10. The number of nitrogens with one attached hydrogen (secondary N) is 1. The number of likely N-dealkylation sites (tertiary alicyclic amines) is 2. The van der Waals surface area contributed by atoms with E-state index in [1.165, 1.54) is 0 Å². The zero-order chi connectivity index (χ0) is 37.3. The van der Waals surface area contributed by atoms with Crippen molar-refractivity contribution in [3.8, 4) is 23.0 Å². The Labute approximate surface area is 310 Å². The zero-order valence-electron chi connectivity index (χ0n) is 29.8. The highest BCUT2D eigenvalue weighted by atomic mass is 16.5. The molecule has 2 aliphatic rings. The summed E-state index contributed by atoms with van der Waals surface area (Å²) in [5.74, 6) is 2.41. The van der Waals surface area contributed by atoms with Gasteiger partial charge in [0.2, 0.25) is 0 Å². The molecular weight excluding hydrogens is 676 g/mol. The molecular formula is C41H50N4O8. The monoisotopic (exact) mass is 726 g/mol. The summed E-state index contributed by atoms with van der Waals surface area (Å²) in [6.45, 7) is 3.76. The number of urea groups is 1. The Morgan fingerprint density at radius 1 is 0.642 bits per heavy atom. The third-order valence-corrected chi connectivity index (χ3v) is 10.1. The number of nitrogens with two attached hydrogens (primary N) is 1. The Balaban J connectivity index is 0.908. The number of aliphatic hydroxyl groups is 4. The third kappa shape index (κ3) is 10.7. The Bertz CT molecular complexity index is 1740. The van der Waals surface area contributed by atoms with E-state index in [2.05, 4.69) is 15.1 Å². The van der Waals surface area contributed by atoms with Crippen LogP contribution in [0.25, 0.3) is 0 Å². The van der Waals surface area contributed by atoms with Crippen molar-refractivity contribution in [2.24, 2.45) is 5.73 Å². The van der Waals surface area contributed by atoms with E-state index in [1.54, 1.807) is 36.4 Å². The topological polar surface area (TPSA) is 170 Å². The maximum absolute atomic E-state index is 11.6. The number of amides is 2. The molecule has 0 aromatic heterocycles. The van der Waals surface area contributed by atoms with Crippen LogP contribution < -0.4 is 25.3 Å². The molecule has 0 aliphatic carbocycles. The Morgan fingerprint density at radius 2 is 1.11 bits per heavy atom. The maximum atomic E-state index is 11.6. The minimum absolute atomic E-state index is 0.110. The number of nitrogens with zero attached hydrogens (tertiary/aromatic N) is 2. The molecule has 0 bridgehead atoms. The second kappa shape index (κ2) is 17.4. The molecule has 2 heterocycles. The predicted octanol–water partition coefficient (Wildman–Crippen LogP) is 4.42. The molecule has 282 valence electrons. The lowest BCUT2D eigenvalue weighted by Gasteiger charge is -2.39. The fourth-order valence-electron chi connectivity index (χ4n) is 6.99. The van der Waals surface area contributed by atoms with Crippen LogP contribution in [0.2, 0.25) is 0 Å². The van der Waals surface area contributed by atoms with Crippen LogP contribution in [0.3, 0.4) is 0 Å². The number of rotatable bonds is 15. The van der Waals surface area contributed by atoms with Crippen LogP contribution in [0.4, 0.5) is 10.5 Å². The van der Waals surface area contributed by atoms with Crippen LogP contribution in [0.1, 0.15) is 36.8 Å². The van der Waals surface area contributed by atoms with Gasteiger partial charge >= 0.3 is 6.03 Å². The summed E-state index contributed by atoms with van der Waals surface area (Å²) in [6.07, 6.45) is 0.861. The van der Waals surface area contributed by atoms with Gasteiger partial charge in [-0.15, -0.1) is 0 Å². The summed E-state index contributed by atoms with van der Waals surface area (Å²) in [5, 5.41) is 46.4. The minimum atomic E-state index is -1.02. The number of aliphatic hydroxyl groups excluding tert-OH is 2. The molecule has 6 rings (SSSR count).